The van der Waals surface area contributed by atoms with Crippen molar-refractivity contribution in [3.05, 3.63) is 60.8 Å². The third-order valence-corrected chi connectivity index (χ3v) is 10.8. The number of carbonyl (C=O) groups is 1. The first-order chi connectivity index (χ1) is 17.4. The highest BCUT2D eigenvalue weighted by Crippen LogP contribution is 2.66. The number of ether oxygens (including phenoxy) is 2. The molecule has 0 unspecified atom stereocenters. The van der Waals surface area contributed by atoms with Crippen molar-refractivity contribution in [1.29, 1.82) is 0 Å². The molecule has 0 aromatic rings. The van der Waals surface area contributed by atoms with Gasteiger partial charge in [-0.1, -0.05) is 88.5 Å². The third kappa shape index (κ3) is 4.57. The number of allylic oxidation sites excluding steroid dienone is 4. The van der Waals surface area contributed by atoms with Gasteiger partial charge in [0.1, 0.15) is 11.7 Å². The molecular formula is C32H46O5. The Morgan fingerprint density at radius 2 is 1.84 bits per heavy atom. The Balaban J connectivity index is 1.58. The highest BCUT2D eigenvalue weighted by Gasteiger charge is 2.59. The molecule has 4 aliphatic carbocycles. The number of aliphatic hydroxyl groups is 2. The molecule has 5 heteroatoms. The van der Waals surface area contributed by atoms with E-state index in [1.807, 2.05) is 6.92 Å². The summed E-state index contributed by atoms with van der Waals surface area (Å²) >= 11 is 0. The molecule has 5 nitrogen and oxygen atoms in total. The molecule has 2 N–H and O–H groups in total. The minimum absolute atomic E-state index is 0.0938. The second-order valence-corrected chi connectivity index (χ2v) is 12.5. The zero-order chi connectivity index (χ0) is 27.2. The molecule has 0 amide bonds. The van der Waals surface area contributed by atoms with Gasteiger partial charge in [0, 0.05) is 17.8 Å². The number of carbonyl (C=O) groups excluding carboxylic acids is 1. The summed E-state index contributed by atoms with van der Waals surface area (Å²) in [6.07, 6.45) is 16.0. The van der Waals surface area contributed by atoms with Crippen LogP contribution < -0.4 is 0 Å². The molecule has 3 saturated carbocycles. The number of hydrogen-bond acceptors (Lipinski definition) is 5. The number of rotatable bonds is 7. The summed E-state index contributed by atoms with van der Waals surface area (Å²) < 4.78 is 10.6. The summed E-state index contributed by atoms with van der Waals surface area (Å²) in [5.41, 5.74) is 1.46. The maximum absolute atomic E-state index is 12.1. The molecule has 0 radical (unpaired) electrons. The van der Waals surface area contributed by atoms with Crippen LogP contribution in [0.1, 0.15) is 66.2 Å². The normalized spacial score (nSPS) is 38.8. The monoisotopic (exact) mass is 510 g/mol. The zero-order valence-electron chi connectivity index (χ0n) is 23.3. The molecule has 0 bridgehead atoms. The predicted molar refractivity (Wildman–Crippen MR) is 147 cm³/mol. The van der Waals surface area contributed by atoms with Crippen molar-refractivity contribution in [3.63, 3.8) is 0 Å². The SMILES string of the molecule is C=CC(O)(C=C)[C@H](C)/C=C/[C@@H](C)[C@H]1CC[C@H]2C3=CC=C4C[C@@H](O)C[C@H](OC(=O)OC)[C@]4(C)[C@H]3CC[C@]12C. The van der Waals surface area contributed by atoms with Crippen LogP contribution in [-0.4, -0.2) is 41.3 Å². The summed E-state index contributed by atoms with van der Waals surface area (Å²) in [6.45, 7) is 16.6. The molecule has 0 aromatic carbocycles. The van der Waals surface area contributed by atoms with Gasteiger partial charge in [-0.3, -0.25) is 0 Å². The smallest absolute Gasteiger partial charge is 0.438 e. The van der Waals surface area contributed by atoms with Crippen molar-refractivity contribution in [2.24, 2.45) is 40.4 Å². The van der Waals surface area contributed by atoms with Crippen molar-refractivity contribution in [1.82, 2.24) is 0 Å². The van der Waals surface area contributed by atoms with Gasteiger partial charge >= 0.3 is 6.16 Å². The number of methoxy groups -OCH3 is 1. The molecule has 0 aliphatic heterocycles. The standard InChI is InChI=1S/C32H46O5/c1-8-32(35,9-2)21(4)11-10-20(3)25-14-15-26-24-13-12-22-18-23(33)19-28(37-29(34)36-7)31(22,6)27(24)16-17-30(25,26)5/h8-13,20-21,23,25-28,33,35H,1-2,14-19H2,3-7H3/b11-10+/t20-,21-,23-,25-,26+,27+,28+,30-,31+/m1/s1. The Morgan fingerprint density at radius 3 is 2.49 bits per heavy atom. The van der Waals surface area contributed by atoms with E-state index >= 15 is 0 Å². The highest BCUT2D eigenvalue weighted by atomic mass is 16.7. The Labute approximate surface area is 223 Å². The van der Waals surface area contributed by atoms with E-state index < -0.39 is 24.0 Å². The lowest BCUT2D eigenvalue weighted by Crippen LogP contribution is -2.53. The molecular weight excluding hydrogens is 464 g/mol. The van der Waals surface area contributed by atoms with Gasteiger partial charge in [-0.2, -0.15) is 0 Å². The van der Waals surface area contributed by atoms with Gasteiger partial charge in [-0.05, 0) is 61.2 Å². The summed E-state index contributed by atoms with van der Waals surface area (Å²) in [6, 6.07) is 0. The van der Waals surface area contributed by atoms with Gasteiger partial charge in [0.15, 0.2) is 0 Å². The van der Waals surface area contributed by atoms with Crippen LogP contribution in [0.5, 0.6) is 0 Å². The zero-order valence-corrected chi connectivity index (χ0v) is 23.3. The van der Waals surface area contributed by atoms with Gasteiger partial charge < -0.3 is 19.7 Å². The quantitative estimate of drug-likeness (QED) is 0.300. The van der Waals surface area contributed by atoms with Crippen LogP contribution in [-0.2, 0) is 9.47 Å². The van der Waals surface area contributed by atoms with Crippen LogP contribution in [0.3, 0.4) is 0 Å². The van der Waals surface area contributed by atoms with Gasteiger partial charge in [-0.25, -0.2) is 4.79 Å². The predicted octanol–water partition coefficient (Wildman–Crippen LogP) is 6.54. The molecule has 4 aliphatic rings. The van der Waals surface area contributed by atoms with Crippen molar-refractivity contribution in [3.8, 4) is 0 Å². The lowest BCUT2D eigenvalue weighted by atomic mass is 9.49. The summed E-state index contributed by atoms with van der Waals surface area (Å²) in [7, 11) is 1.34. The van der Waals surface area contributed by atoms with Gasteiger partial charge in [-0.15, -0.1) is 0 Å². The van der Waals surface area contributed by atoms with Gasteiger partial charge in [0.25, 0.3) is 0 Å². The first-order valence-electron chi connectivity index (χ1n) is 14.0. The maximum atomic E-state index is 12.1. The highest BCUT2D eigenvalue weighted by molar-refractivity contribution is 5.60. The first-order valence-corrected chi connectivity index (χ1v) is 14.0. The molecule has 37 heavy (non-hydrogen) atoms. The first kappa shape index (κ1) is 27.9. The van der Waals surface area contributed by atoms with E-state index in [2.05, 4.69) is 58.2 Å². The van der Waals surface area contributed by atoms with Crippen LogP contribution in [0.2, 0.25) is 0 Å². The maximum Gasteiger partial charge on any atom is 0.508 e. The van der Waals surface area contributed by atoms with Gasteiger partial charge in [0.05, 0.1) is 13.2 Å². The Hall–Kier alpha value is -2.11. The lowest BCUT2D eigenvalue weighted by Gasteiger charge is -2.56. The van der Waals surface area contributed by atoms with Crippen LogP contribution in [0, 0.1) is 40.4 Å². The van der Waals surface area contributed by atoms with Crippen molar-refractivity contribution in [2.45, 2.75) is 84.0 Å². The second-order valence-electron chi connectivity index (χ2n) is 12.5. The lowest BCUT2D eigenvalue weighted by molar-refractivity contribution is -0.0760. The number of hydrogen-bond donors (Lipinski definition) is 2. The molecule has 9 atom stereocenters. The minimum atomic E-state index is -1.10. The average molecular weight is 511 g/mol. The fourth-order valence-corrected chi connectivity index (χ4v) is 8.35. The molecule has 3 fully saturated rings. The molecule has 204 valence electrons. The van der Waals surface area contributed by atoms with Gasteiger partial charge in [0.2, 0.25) is 0 Å². The average Bonchev–Trinajstić information content (AvgIpc) is 3.24. The van der Waals surface area contributed by atoms with E-state index in [-0.39, 0.29) is 16.7 Å². The van der Waals surface area contributed by atoms with Crippen molar-refractivity contribution < 1.29 is 24.5 Å². The fourth-order valence-electron chi connectivity index (χ4n) is 8.35. The molecule has 0 saturated heterocycles. The van der Waals surface area contributed by atoms with E-state index in [0.717, 1.165) is 19.3 Å². The summed E-state index contributed by atoms with van der Waals surface area (Å²) in [5, 5.41) is 21.3. The van der Waals surface area contributed by atoms with Crippen molar-refractivity contribution in [2.75, 3.05) is 7.11 Å². The Bertz CT molecular complexity index is 999. The topological polar surface area (TPSA) is 76.0 Å². The van der Waals surface area contributed by atoms with E-state index in [9.17, 15) is 15.0 Å². The van der Waals surface area contributed by atoms with E-state index in [4.69, 9.17) is 9.47 Å². The van der Waals surface area contributed by atoms with Crippen molar-refractivity contribution >= 4 is 6.16 Å². The largest absolute Gasteiger partial charge is 0.508 e. The molecule has 4 rings (SSSR count). The number of fused-ring (bicyclic) bond motifs is 5. The second kappa shape index (κ2) is 10.2. The van der Waals surface area contributed by atoms with E-state index in [1.54, 1.807) is 12.2 Å². The van der Waals surface area contributed by atoms with Crippen LogP contribution in [0.25, 0.3) is 0 Å². The fraction of sp³-hybridized carbons (Fsp3) is 0.656. The summed E-state index contributed by atoms with van der Waals surface area (Å²) in [5.74, 6) is 1.63. The van der Waals surface area contributed by atoms with E-state index in [0.29, 0.717) is 36.5 Å². The van der Waals surface area contributed by atoms with Crippen LogP contribution in [0.15, 0.2) is 60.8 Å². The third-order valence-electron chi connectivity index (χ3n) is 10.8. The molecule has 0 heterocycles. The molecule has 0 aromatic heterocycles. The number of aliphatic hydroxyl groups excluding tert-OH is 1. The Kier molecular flexibility index (Phi) is 7.71. The van der Waals surface area contributed by atoms with Crippen LogP contribution >= 0.6 is 0 Å². The van der Waals surface area contributed by atoms with E-state index in [1.165, 1.54) is 24.7 Å². The molecule has 0 spiro atoms. The van der Waals surface area contributed by atoms with Crippen LogP contribution in [0.4, 0.5) is 4.79 Å². The Morgan fingerprint density at radius 1 is 1.14 bits per heavy atom. The summed E-state index contributed by atoms with van der Waals surface area (Å²) in [4.78, 5) is 12.1. The minimum Gasteiger partial charge on any atom is -0.438 e.